The molecule has 1 fully saturated rings. The molecule has 1 atom stereocenters. The number of benzene rings is 2. The highest BCUT2D eigenvalue weighted by atomic mass is 16.7. The summed E-state index contributed by atoms with van der Waals surface area (Å²) in [6.45, 7) is 2.22. The molecule has 1 aliphatic carbocycles. The number of rotatable bonds is 7. The Bertz CT molecular complexity index is 509. The van der Waals surface area contributed by atoms with Crippen molar-refractivity contribution in [1.82, 2.24) is 0 Å². The molecule has 2 nitrogen and oxygen atoms in total. The molecule has 1 aliphatic rings. The summed E-state index contributed by atoms with van der Waals surface area (Å²) in [7, 11) is 0. The van der Waals surface area contributed by atoms with Crippen LogP contribution in [-0.2, 0) is 0 Å². The highest BCUT2D eigenvalue weighted by molar-refractivity contribution is 5.26. The molecule has 21 heavy (non-hydrogen) atoms. The third-order valence-corrected chi connectivity index (χ3v) is 3.97. The van der Waals surface area contributed by atoms with Crippen molar-refractivity contribution in [1.29, 1.82) is 0 Å². The van der Waals surface area contributed by atoms with Crippen LogP contribution in [0.5, 0.6) is 11.5 Å². The maximum Gasteiger partial charge on any atom is 0.254 e. The van der Waals surface area contributed by atoms with Gasteiger partial charge in [0.1, 0.15) is 11.5 Å². The van der Waals surface area contributed by atoms with Gasteiger partial charge in [0.15, 0.2) is 0 Å². The van der Waals surface area contributed by atoms with E-state index in [2.05, 4.69) is 6.92 Å². The Morgan fingerprint density at radius 3 is 1.90 bits per heavy atom. The lowest BCUT2D eigenvalue weighted by Crippen LogP contribution is -2.29. The molecule has 3 rings (SSSR count). The lowest BCUT2D eigenvalue weighted by molar-refractivity contribution is -0.0372. The summed E-state index contributed by atoms with van der Waals surface area (Å²) in [5, 5.41) is 0. The van der Waals surface area contributed by atoms with Gasteiger partial charge in [-0.05, 0) is 30.7 Å². The molecular weight excluding hydrogens is 260 g/mol. The van der Waals surface area contributed by atoms with Crippen LogP contribution in [0, 0.1) is 5.92 Å². The van der Waals surface area contributed by atoms with Gasteiger partial charge in [0.2, 0.25) is 0 Å². The van der Waals surface area contributed by atoms with Crippen molar-refractivity contribution in [2.24, 2.45) is 5.92 Å². The van der Waals surface area contributed by atoms with E-state index in [0.717, 1.165) is 24.3 Å². The largest absolute Gasteiger partial charge is 0.452 e. The summed E-state index contributed by atoms with van der Waals surface area (Å²) in [5.74, 6) is 1.77. The average molecular weight is 282 g/mol. The molecule has 0 aromatic heterocycles. The highest BCUT2D eigenvalue weighted by Crippen LogP contribution is 2.50. The van der Waals surface area contributed by atoms with Crippen LogP contribution in [0.3, 0.4) is 0 Å². The third kappa shape index (κ3) is 3.38. The summed E-state index contributed by atoms with van der Waals surface area (Å²) < 4.78 is 12.4. The lowest BCUT2D eigenvalue weighted by Gasteiger charge is -2.22. The summed E-state index contributed by atoms with van der Waals surface area (Å²) >= 11 is 0. The van der Waals surface area contributed by atoms with Crippen LogP contribution in [0.4, 0.5) is 0 Å². The van der Waals surface area contributed by atoms with Crippen LogP contribution >= 0.6 is 0 Å². The summed E-state index contributed by atoms with van der Waals surface area (Å²) in [6, 6.07) is 19.9. The van der Waals surface area contributed by atoms with Crippen LogP contribution in [-0.4, -0.2) is 5.79 Å². The Morgan fingerprint density at radius 2 is 1.43 bits per heavy atom. The molecular formula is C19H22O2. The fourth-order valence-electron chi connectivity index (χ4n) is 2.70. The van der Waals surface area contributed by atoms with Crippen molar-refractivity contribution in [2.45, 2.75) is 38.4 Å². The van der Waals surface area contributed by atoms with Gasteiger partial charge >= 0.3 is 0 Å². The third-order valence-electron chi connectivity index (χ3n) is 3.97. The fraction of sp³-hybridized carbons (Fsp3) is 0.368. The summed E-state index contributed by atoms with van der Waals surface area (Å²) in [5.41, 5.74) is 0. The first kappa shape index (κ1) is 14.0. The average Bonchev–Trinajstić information content (AvgIpc) is 3.19. The van der Waals surface area contributed by atoms with Gasteiger partial charge in [-0.3, -0.25) is 0 Å². The van der Waals surface area contributed by atoms with E-state index in [4.69, 9.17) is 9.47 Å². The maximum atomic E-state index is 6.20. The van der Waals surface area contributed by atoms with Crippen LogP contribution in [0.1, 0.15) is 32.6 Å². The highest BCUT2D eigenvalue weighted by Gasteiger charge is 2.59. The number of unbranched alkanes of at least 4 members (excludes halogenated alkanes) is 1. The zero-order valence-electron chi connectivity index (χ0n) is 12.5. The quantitative estimate of drug-likeness (QED) is 0.661. The first-order chi connectivity index (χ1) is 10.3. The molecule has 0 aliphatic heterocycles. The van der Waals surface area contributed by atoms with Crippen LogP contribution in [0.15, 0.2) is 60.7 Å². The van der Waals surface area contributed by atoms with Gasteiger partial charge in [0.25, 0.3) is 5.79 Å². The second-order valence-corrected chi connectivity index (χ2v) is 5.69. The zero-order valence-corrected chi connectivity index (χ0v) is 12.5. The fourth-order valence-corrected chi connectivity index (χ4v) is 2.70. The predicted molar refractivity (Wildman–Crippen MR) is 84.5 cm³/mol. The van der Waals surface area contributed by atoms with Gasteiger partial charge in [-0.25, -0.2) is 0 Å². The maximum absolute atomic E-state index is 6.20. The molecule has 0 radical (unpaired) electrons. The normalized spacial score (nSPS) is 19.0. The zero-order chi connectivity index (χ0) is 14.5. The lowest BCUT2D eigenvalue weighted by atomic mass is 10.2. The summed E-state index contributed by atoms with van der Waals surface area (Å²) in [6.07, 6.45) is 4.57. The molecule has 0 amide bonds. The van der Waals surface area contributed by atoms with Crippen molar-refractivity contribution >= 4 is 0 Å². The molecule has 0 spiro atoms. The van der Waals surface area contributed by atoms with E-state index in [1.165, 1.54) is 12.8 Å². The van der Waals surface area contributed by atoms with E-state index in [9.17, 15) is 0 Å². The summed E-state index contributed by atoms with van der Waals surface area (Å²) in [4.78, 5) is 0. The Kier molecular flexibility index (Phi) is 4.14. The van der Waals surface area contributed by atoms with Gasteiger partial charge in [0.05, 0.1) is 0 Å². The Morgan fingerprint density at radius 1 is 0.905 bits per heavy atom. The second kappa shape index (κ2) is 6.21. The molecule has 2 heteroatoms. The van der Waals surface area contributed by atoms with Crippen LogP contribution < -0.4 is 9.47 Å². The number of hydrogen-bond donors (Lipinski definition) is 0. The minimum atomic E-state index is -0.474. The van der Waals surface area contributed by atoms with E-state index in [1.807, 2.05) is 60.7 Å². The number of hydrogen-bond acceptors (Lipinski definition) is 2. The number of para-hydroxylation sites is 2. The first-order valence-electron chi connectivity index (χ1n) is 7.80. The van der Waals surface area contributed by atoms with Gasteiger partial charge in [0, 0.05) is 12.3 Å². The van der Waals surface area contributed by atoms with Crippen molar-refractivity contribution in [3.63, 3.8) is 0 Å². The van der Waals surface area contributed by atoms with E-state index >= 15 is 0 Å². The molecule has 0 heterocycles. The first-order valence-corrected chi connectivity index (χ1v) is 7.80. The molecule has 2 aromatic carbocycles. The predicted octanol–water partition coefficient (Wildman–Crippen LogP) is 5.05. The second-order valence-electron chi connectivity index (χ2n) is 5.69. The molecule has 0 bridgehead atoms. The van der Waals surface area contributed by atoms with Gasteiger partial charge < -0.3 is 9.47 Å². The minimum absolute atomic E-state index is 0.474. The van der Waals surface area contributed by atoms with Crippen LogP contribution in [0.25, 0.3) is 0 Å². The number of ether oxygens (including phenoxy) is 2. The molecule has 1 unspecified atom stereocenters. The van der Waals surface area contributed by atoms with E-state index in [0.29, 0.717) is 5.92 Å². The molecule has 0 N–H and O–H groups in total. The van der Waals surface area contributed by atoms with Crippen molar-refractivity contribution in [3.05, 3.63) is 60.7 Å². The van der Waals surface area contributed by atoms with E-state index in [-0.39, 0.29) is 0 Å². The molecule has 0 saturated heterocycles. The monoisotopic (exact) mass is 282 g/mol. The SMILES string of the molecule is CCCCC1CC1(Oc1ccccc1)Oc1ccccc1. The van der Waals surface area contributed by atoms with E-state index in [1.54, 1.807) is 0 Å². The Labute approximate surface area is 126 Å². The molecule has 110 valence electrons. The molecule has 1 saturated carbocycles. The van der Waals surface area contributed by atoms with E-state index < -0.39 is 5.79 Å². The standard InChI is InChI=1S/C19H22O2/c1-2-3-10-16-15-19(16,20-17-11-6-4-7-12-17)21-18-13-8-5-9-14-18/h4-9,11-14,16H,2-3,10,15H2,1H3. The van der Waals surface area contributed by atoms with Gasteiger partial charge in [-0.2, -0.15) is 0 Å². The smallest absolute Gasteiger partial charge is 0.254 e. The van der Waals surface area contributed by atoms with Crippen LogP contribution in [0.2, 0.25) is 0 Å². The molecule has 2 aromatic rings. The van der Waals surface area contributed by atoms with Crippen molar-refractivity contribution in [3.8, 4) is 11.5 Å². The van der Waals surface area contributed by atoms with Gasteiger partial charge in [-0.1, -0.05) is 56.2 Å². The minimum Gasteiger partial charge on any atom is -0.452 e. The van der Waals surface area contributed by atoms with Crippen molar-refractivity contribution in [2.75, 3.05) is 0 Å². The topological polar surface area (TPSA) is 18.5 Å². The van der Waals surface area contributed by atoms with Crippen molar-refractivity contribution < 1.29 is 9.47 Å². The Hall–Kier alpha value is -1.96. The Balaban J connectivity index is 1.73. The van der Waals surface area contributed by atoms with Gasteiger partial charge in [-0.15, -0.1) is 0 Å².